The lowest BCUT2D eigenvalue weighted by atomic mass is 10.2. The first kappa shape index (κ1) is 15.5. The van der Waals surface area contributed by atoms with Crippen LogP contribution in [0, 0.1) is 0 Å². The molecular formula is C14H23ClN4O. The fraction of sp³-hybridized carbons (Fsp3) is 0.714. The molecule has 0 spiro atoms. The third-order valence-corrected chi connectivity index (χ3v) is 3.60. The van der Waals surface area contributed by atoms with Gasteiger partial charge in [-0.25, -0.2) is 9.97 Å². The molecule has 1 aliphatic heterocycles. The van der Waals surface area contributed by atoms with Gasteiger partial charge in [-0.05, 0) is 33.9 Å². The first-order valence-electron chi connectivity index (χ1n) is 7.12. The zero-order valence-corrected chi connectivity index (χ0v) is 13.2. The van der Waals surface area contributed by atoms with E-state index in [1.54, 1.807) is 0 Å². The van der Waals surface area contributed by atoms with Gasteiger partial charge in [-0.15, -0.1) is 0 Å². The summed E-state index contributed by atoms with van der Waals surface area (Å²) < 4.78 is 5.37. The van der Waals surface area contributed by atoms with Gasteiger partial charge >= 0.3 is 0 Å². The van der Waals surface area contributed by atoms with Crippen LogP contribution in [-0.4, -0.2) is 54.7 Å². The van der Waals surface area contributed by atoms with Crippen LogP contribution >= 0.6 is 11.6 Å². The van der Waals surface area contributed by atoms with Crippen molar-refractivity contribution in [2.24, 2.45) is 0 Å². The average molecular weight is 299 g/mol. The Balaban J connectivity index is 2.15. The highest BCUT2D eigenvalue weighted by molar-refractivity contribution is 6.29. The molecule has 5 nitrogen and oxygen atoms in total. The summed E-state index contributed by atoms with van der Waals surface area (Å²) in [4.78, 5) is 13.4. The highest BCUT2D eigenvalue weighted by Crippen LogP contribution is 2.26. The number of nitrogens with zero attached hydrogens (tertiary/aromatic N) is 4. The van der Waals surface area contributed by atoms with Gasteiger partial charge < -0.3 is 14.5 Å². The third kappa shape index (κ3) is 4.04. The van der Waals surface area contributed by atoms with Crippen LogP contribution in [0.25, 0.3) is 0 Å². The molecule has 2 rings (SSSR count). The maximum Gasteiger partial charge on any atom is 0.158 e. The first-order chi connectivity index (χ1) is 9.60. The molecule has 1 aromatic rings. The molecule has 6 heteroatoms. The first-order valence-corrected chi connectivity index (χ1v) is 7.50. The standard InChI is InChI=1S/C14H23ClN4O/c1-4-20-10-13-16-12(15)8-14(17-13)19-7-5-6-11(19)9-18(2)3/h8,11H,4-7,9-10H2,1-3H3. The van der Waals surface area contributed by atoms with Crippen LogP contribution in [-0.2, 0) is 11.3 Å². The van der Waals surface area contributed by atoms with Gasteiger partial charge in [0, 0.05) is 31.8 Å². The number of hydrogen-bond donors (Lipinski definition) is 0. The monoisotopic (exact) mass is 298 g/mol. The molecular weight excluding hydrogens is 276 g/mol. The Hall–Kier alpha value is -0.910. The number of aromatic nitrogens is 2. The lowest BCUT2D eigenvalue weighted by molar-refractivity contribution is 0.128. The minimum Gasteiger partial charge on any atom is -0.374 e. The molecule has 0 aromatic carbocycles. The zero-order valence-electron chi connectivity index (χ0n) is 12.5. The molecule has 0 bridgehead atoms. The van der Waals surface area contributed by atoms with Crippen molar-refractivity contribution in [1.82, 2.24) is 14.9 Å². The molecule has 1 unspecified atom stereocenters. The molecule has 0 amide bonds. The Morgan fingerprint density at radius 1 is 1.45 bits per heavy atom. The highest BCUT2D eigenvalue weighted by atomic mass is 35.5. The average Bonchev–Trinajstić information content (AvgIpc) is 2.83. The van der Waals surface area contributed by atoms with Crippen molar-refractivity contribution in [1.29, 1.82) is 0 Å². The lowest BCUT2D eigenvalue weighted by Gasteiger charge is -2.28. The Bertz CT molecular complexity index is 441. The van der Waals surface area contributed by atoms with Crippen molar-refractivity contribution in [2.45, 2.75) is 32.4 Å². The van der Waals surface area contributed by atoms with E-state index < -0.39 is 0 Å². The molecule has 112 valence electrons. The van der Waals surface area contributed by atoms with E-state index in [9.17, 15) is 0 Å². The lowest BCUT2D eigenvalue weighted by Crippen LogP contribution is -2.38. The fourth-order valence-electron chi connectivity index (χ4n) is 2.61. The van der Waals surface area contributed by atoms with E-state index in [2.05, 4.69) is 33.9 Å². The topological polar surface area (TPSA) is 41.5 Å². The smallest absolute Gasteiger partial charge is 0.158 e. The Labute approximate surface area is 125 Å². The van der Waals surface area contributed by atoms with Gasteiger partial charge in [-0.3, -0.25) is 0 Å². The van der Waals surface area contributed by atoms with Crippen LogP contribution < -0.4 is 4.90 Å². The summed E-state index contributed by atoms with van der Waals surface area (Å²) in [6.45, 7) is 5.08. The second-order valence-electron chi connectivity index (χ2n) is 5.35. The summed E-state index contributed by atoms with van der Waals surface area (Å²) in [5, 5.41) is 0.486. The van der Waals surface area contributed by atoms with Crippen LogP contribution in [0.4, 0.5) is 5.82 Å². The highest BCUT2D eigenvalue weighted by Gasteiger charge is 2.26. The second kappa shape index (κ2) is 7.20. The maximum absolute atomic E-state index is 6.12. The predicted octanol–water partition coefficient (Wildman–Crippen LogP) is 2.20. The van der Waals surface area contributed by atoms with Gasteiger partial charge in [-0.1, -0.05) is 11.6 Å². The van der Waals surface area contributed by atoms with E-state index in [4.69, 9.17) is 16.3 Å². The Morgan fingerprint density at radius 3 is 2.95 bits per heavy atom. The summed E-state index contributed by atoms with van der Waals surface area (Å²) in [6, 6.07) is 2.35. The summed E-state index contributed by atoms with van der Waals surface area (Å²) >= 11 is 6.12. The largest absolute Gasteiger partial charge is 0.374 e. The SMILES string of the molecule is CCOCc1nc(Cl)cc(N2CCCC2CN(C)C)n1. The van der Waals surface area contributed by atoms with Gasteiger partial charge in [0.25, 0.3) is 0 Å². The van der Waals surface area contributed by atoms with Gasteiger partial charge in [0.1, 0.15) is 17.6 Å². The maximum atomic E-state index is 6.12. The van der Waals surface area contributed by atoms with E-state index in [0.717, 1.165) is 18.9 Å². The quantitative estimate of drug-likeness (QED) is 0.753. The molecule has 0 radical (unpaired) electrons. The molecule has 1 aliphatic rings. The fourth-order valence-corrected chi connectivity index (χ4v) is 2.80. The van der Waals surface area contributed by atoms with E-state index >= 15 is 0 Å². The van der Waals surface area contributed by atoms with Gasteiger partial charge in [-0.2, -0.15) is 0 Å². The normalized spacial score (nSPS) is 19.1. The van der Waals surface area contributed by atoms with Crippen LogP contribution in [0.2, 0.25) is 5.15 Å². The van der Waals surface area contributed by atoms with Crippen LogP contribution in [0.3, 0.4) is 0 Å². The molecule has 1 saturated heterocycles. The number of hydrogen-bond acceptors (Lipinski definition) is 5. The van der Waals surface area contributed by atoms with Crippen molar-refractivity contribution in [3.05, 3.63) is 17.0 Å². The van der Waals surface area contributed by atoms with E-state index in [1.807, 2.05) is 13.0 Å². The van der Waals surface area contributed by atoms with E-state index in [1.165, 1.54) is 12.8 Å². The van der Waals surface area contributed by atoms with Gasteiger partial charge in [0.05, 0.1) is 0 Å². The Kier molecular flexibility index (Phi) is 5.57. The molecule has 1 fully saturated rings. The summed E-state index contributed by atoms with van der Waals surface area (Å²) in [5.41, 5.74) is 0. The van der Waals surface area contributed by atoms with E-state index in [0.29, 0.717) is 30.2 Å². The van der Waals surface area contributed by atoms with Crippen molar-refractivity contribution >= 4 is 17.4 Å². The molecule has 0 aliphatic carbocycles. The number of ether oxygens (including phenoxy) is 1. The van der Waals surface area contributed by atoms with Crippen molar-refractivity contribution in [2.75, 3.05) is 38.7 Å². The third-order valence-electron chi connectivity index (χ3n) is 3.41. The van der Waals surface area contributed by atoms with Crippen molar-refractivity contribution < 1.29 is 4.74 Å². The van der Waals surface area contributed by atoms with Crippen molar-refractivity contribution in [3.8, 4) is 0 Å². The molecule has 2 heterocycles. The van der Waals surface area contributed by atoms with Crippen LogP contribution in [0.15, 0.2) is 6.07 Å². The molecule has 0 saturated carbocycles. The van der Waals surface area contributed by atoms with Crippen molar-refractivity contribution in [3.63, 3.8) is 0 Å². The molecule has 0 N–H and O–H groups in total. The molecule has 1 atom stereocenters. The molecule has 20 heavy (non-hydrogen) atoms. The van der Waals surface area contributed by atoms with Gasteiger partial charge in [0.15, 0.2) is 5.82 Å². The van der Waals surface area contributed by atoms with E-state index in [-0.39, 0.29) is 0 Å². The number of anilines is 1. The second-order valence-corrected chi connectivity index (χ2v) is 5.74. The van der Waals surface area contributed by atoms with Crippen LogP contribution in [0.5, 0.6) is 0 Å². The molecule has 1 aromatic heterocycles. The minimum absolute atomic E-state index is 0.413. The summed E-state index contributed by atoms with van der Waals surface area (Å²) in [5.74, 6) is 1.58. The summed E-state index contributed by atoms with van der Waals surface area (Å²) in [7, 11) is 4.20. The van der Waals surface area contributed by atoms with Crippen LogP contribution in [0.1, 0.15) is 25.6 Å². The number of likely N-dealkylation sites (N-methyl/N-ethyl adjacent to an activating group) is 1. The zero-order chi connectivity index (χ0) is 14.5. The number of halogens is 1. The minimum atomic E-state index is 0.413. The summed E-state index contributed by atoms with van der Waals surface area (Å²) in [6.07, 6.45) is 2.39. The number of rotatable bonds is 6. The Morgan fingerprint density at radius 2 is 2.25 bits per heavy atom. The van der Waals surface area contributed by atoms with Gasteiger partial charge in [0.2, 0.25) is 0 Å². The predicted molar refractivity (Wildman–Crippen MR) is 81.3 cm³/mol.